The second-order valence-corrected chi connectivity index (χ2v) is 3.03. The lowest BCUT2D eigenvalue weighted by Gasteiger charge is -1.96. The van der Waals surface area contributed by atoms with E-state index in [1.807, 2.05) is 18.4 Å². The molecule has 0 aromatic carbocycles. The lowest BCUT2D eigenvalue weighted by molar-refractivity contribution is 0.0542. The van der Waals surface area contributed by atoms with Gasteiger partial charge in [0.25, 0.3) is 5.91 Å². The summed E-state index contributed by atoms with van der Waals surface area (Å²) in [4.78, 5) is 16.2. The first-order chi connectivity index (χ1) is 5.24. The summed E-state index contributed by atoms with van der Waals surface area (Å²) in [5, 5.41) is 1.92. The van der Waals surface area contributed by atoms with Gasteiger partial charge < -0.3 is 0 Å². The topological polar surface area (TPSA) is 38.3 Å². The molecule has 0 unspecified atom stereocenters. The Hall–Kier alpha value is -0.870. The van der Waals surface area contributed by atoms with E-state index in [9.17, 15) is 4.79 Å². The van der Waals surface area contributed by atoms with Gasteiger partial charge in [0.05, 0.1) is 12.0 Å². The van der Waals surface area contributed by atoms with Crippen molar-refractivity contribution in [3.05, 3.63) is 21.9 Å². The van der Waals surface area contributed by atoms with Crippen molar-refractivity contribution in [3.8, 4) is 0 Å². The highest BCUT2D eigenvalue weighted by Gasteiger charge is 2.05. The highest BCUT2D eigenvalue weighted by molar-refractivity contribution is 7.12. The van der Waals surface area contributed by atoms with E-state index in [0.29, 0.717) is 4.88 Å². The number of hydroxylamine groups is 1. The van der Waals surface area contributed by atoms with E-state index in [4.69, 9.17) is 0 Å². The molecule has 11 heavy (non-hydrogen) atoms. The molecular weight excluding hydrogens is 162 g/mol. The molecule has 0 bridgehead atoms. The van der Waals surface area contributed by atoms with Crippen LogP contribution in [0.1, 0.15) is 15.2 Å². The monoisotopic (exact) mass is 171 g/mol. The number of carbonyl (C=O) groups excluding carboxylic acids is 1. The average molecular weight is 171 g/mol. The van der Waals surface area contributed by atoms with Crippen molar-refractivity contribution in [2.24, 2.45) is 0 Å². The van der Waals surface area contributed by atoms with Crippen molar-refractivity contribution in [1.29, 1.82) is 0 Å². The average Bonchev–Trinajstić information content (AvgIpc) is 2.36. The van der Waals surface area contributed by atoms with Crippen LogP contribution in [0, 0.1) is 6.92 Å². The Labute approximate surface area is 68.9 Å². The first kappa shape index (κ1) is 8.23. The third-order valence-corrected chi connectivity index (χ3v) is 2.20. The molecule has 1 rings (SSSR count). The Morgan fingerprint density at radius 1 is 1.73 bits per heavy atom. The molecule has 0 spiro atoms. The Balaban J connectivity index is 2.69. The molecular formula is C7H9NO2S. The third kappa shape index (κ3) is 2.03. The standard InChI is InChI=1S/C7H9NO2S/c1-5-3-6(11-4-5)7(9)8-10-2/h3-4H,1-2H3,(H,8,9). The number of carbonyl (C=O) groups is 1. The van der Waals surface area contributed by atoms with Crippen molar-refractivity contribution in [2.45, 2.75) is 6.92 Å². The fourth-order valence-electron chi connectivity index (χ4n) is 0.693. The van der Waals surface area contributed by atoms with Gasteiger partial charge >= 0.3 is 0 Å². The summed E-state index contributed by atoms with van der Waals surface area (Å²) in [6, 6.07) is 1.82. The quantitative estimate of drug-likeness (QED) is 0.682. The fourth-order valence-corrected chi connectivity index (χ4v) is 1.48. The molecule has 1 N–H and O–H groups in total. The van der Waals surface area contributed by atoms with Crippen LogP contribution in [0.2, 0.25) is 0 Å². The molecule has 0 aliphatic rings. The van der Waals surface area contributed by atoms with Crippen molar-refractivity contribution < 1.29 is 9.63 Å². The van der Waals surface area contributed by atoms with E-state index in [2.05, 4.69) is 10.3 Å². The molecule has 1 amide bonds. The van der Waals surface area contributed by atoms with Gasteiger partial charge in [-0.15, -0.1) is 11.3 Å². The predicted molar refractivity (Wildman–Crippen MR) is 43.5 cm³/mol. The van der Waals surface area contributed by atoms with E-state index in [0.717, 1.165) is 5.56 Å². The van der Waals surface area contributed by atoms with Crippen LogP contribution in [-0.2, 0) is 4.84 Å². The molecule has 0 aliphatic carbocycles. The molecule has 0 aliphatic heterocycles. The van der Waals surface area contributed by atoms with Gasteiger partial charge in [0.1, 0.15) is 0 Å². The minimum Gasteiger partial charge on any atom is -0.277 e. The van der Waals surface area contributed by atoms with E-state index in [1.165, 1.54) is 18.4 Å². The van der Waals surface area contributed by atoms with Crippen LogP contribution in [-0.4, -0.2) is 13.0 Å². The molecule has 60 valence electrons. The lowest BCUT2D eigenvalue weighted by atomic mass is 10.3. The molecule has 0 saturated heterocycles. The second-order valence-electron chi connectivity index (χ2n) is 2.12. The summed E-state index contributed by atoms with van der Waals surface area (Å²) < 4.78 is 0. The van der Waals surface area contributed by atoms with Gasteiger partial charge in [0.15, 0.2) is 0 Å². The Morgan fingerprint density at radius 2 is 2.45 bits per heavy atom. The minimum atomic E-state index is -0.189. The minimum absolute atomic E-state index is 0.189. The fraction of sp³-hybridized carbons (Fsp3) is 0.286. The van der Waals surface area contributed by atoms with Gasteiger partial charge in [-0.1, -0.05) is 0 Å². The molecule has 1 heterocycles. The molecule has 0 saturated carbocycles. The summed E-state index contributed by atoms with van der Waals surface area (Å²) in [5.41, 5.74) is 3.34. The zero-order chi connectivity index (χ0) is 8.27. The molecule has 4 heteroatoms. The Bertz CT molecular complexity index is 257. The lowest BCUT2D eigenvalue weighted by Crippen LogP contribution is -2.20. The van der Waals surface area contributed by atoms with Crippen LogP contribution in [0.25, 0.3) is 0 Å². The Morgan fingerprint density at radius 3 is 2.91 bits per heavy atom. The summed E-state index contributed by atoms with van der Waals surface area (Å²) in [5.74, 6) is -0.189. The number of amides is 1. The number of rotatable bonds is 2. The van der Waals surface area contributed by atoms with Crippen LogP contribution >= 0.6 is 11.3 Å². The summed E-state index contributed by atoms with van der Waals surface area (Å²) in [7, 11) is 1.42. The summed E-state index contributed by atoms with van der Waals surface area (Å²) in [6.07, 6.45) is 0. The van der Waals surface area contributed by atoms with Crippen molar-refractivity contribution in [2.75, 3.05) is 7.11 Å². The zero-order valence-electron chi connectivity index (χ0n) is 6.38. The van der Waals surface area contributed by atoms with Crippen LogP contribution in [0.5, 0.6) is 0 Å². The molecule has 0 radical (unpaired) electrons. The first-order valence-electron chi connectivity index (χ1n) is 3.12. The van der Waals surface area contributed by atoms with E-state index in [-0.39, 0.29) is 5.91 Å². The second kappa shape index (κ2) is 3.50. The highest BCUT2D eigenvalue weighted by Crippen LogP contribution is 2.12. The van der Waals surface area contributed by atoms with Crippen molar-refractivity contribution in [3.63, 3.8) is 0 Å². The number of nitrogens with one attached hydrogen (secondary N) is 1. The maximum absolute atomic E-state index is 11.0. The number of hydrogen-bond donors (Lipinski definition) is 1. The van der Waals surface area contributed by atoms with Crippen LogP contribution in [0.4, 0.5) is 0 Å². The zero-order valence-corrected chi connectivity index (χ0v) is 7.20. The van der Waals surface area contributed by atoms with Gasteiger partial charge in [-0.05, 0) is 23.9 Å². The van der Waals surface area contributed by atoms with Gasteiger partial charge in [-0.3, -0.25) is 9.63 Å². The van der Waals surface area contributed by atoms with E-state index in [1.54, 1.807) is 0 Å². The van der Waals surface area contributed by atoms with Crippen molar-refractivity contribution >= 4 is 17.2 Å². The van der Waals surface area contributed by atoms with Crippen molar-refractivity contribution in [1.82, 2.24) is 5.48 Å². The molecule has 0 atom stereocenters. The molecule has 1 aromatic heterocycles. The van der Waals surface area contributed by atoms with Crippen LogP contribution < -0.4 is 5.48 Å². The molecule has 0 fully saturated rings. The molecule has 3 nitrogen and oxygen atoms in total. The first-order valence-corrected chi connectivity index (χ1v) is 4.00. The third-order valence-electron chi connectivity index (χ3n) is 1.15. The normalized spacial score (nSPS) is 9.64. The SMILES string of the molecule is CONC(=O)c1cc(C)cs1. The van der Waals surface area contributed by atoms with Gasteiger partial charge in [-0.2, -0.15) is 0 Å². The smallest absolute Gasteiger partial charge is 0.277 e. The maximum Gasteiger partial charge on any atom is 0.284 e. The number of thiophene rings is 1. The van der Waals surface area contributed by atoms with Gasteiger partial charge in [0, 0.05) is 0 Å². The van der Waals surface area contributed by atoms with E-state index >= 15 is 0 Å². The largest absolute Gasteiger partial charge is 0.284 e. The van der Waals surface area contributed by atoms with E-state index < -0.39 is 0 Å². The van der Waals surface area contributed by atoms with Gasteiger partial charge in [0.2, 0.25) is 0 Å². The predicted octanol–water partition coefficient (Wildman–Crippen LogP) is 1.35. The summed E-state index contributed by atoms with van der Waals surface area (Å²) in [6.45, 7) is 1.94. The Kier molecular flexibility index (Phi) is 2.62. The van der Waals surface area contributed by atoms with Gasteiger partial charge in [-0.25, -0.2) is 5.48 Å². The number of hydrogen-bond acceptors (Lipinski definition) is 3. The maximum atomic E-state index is 11.0. The summed E-state index contributed by atoms with van der Waals surface area (Å²) >= 11 is 1.41. The number of aryl methyl sites for hydroxylation is 1. The van der Waals surface area contributed by atoms with Crippen LogP contribution in [0.3, 0.4) is 0 Å². The molecule has 1 aromatic rings. The highest BCUT2D eigenvalue weighted by atomic mass is 32.1. The van der Waals surface area contributed by atoms with Crippen LogP contribution in [0.15, 0.2) is 11.4 Å².